The van der Waals surface area contributed by atoms with Crippen LogP contribution in [0.15, 0.2) is 30.3 Å². The number of ether oxygens (including phenoxy) is 1. The highest BCUT2D eigenvalue weighted by Crippen LogP contribution is 2.23. The third-order valence-corrected chi connectivity index (χ3v) is 4.65. The van der Waals surface area contributed by atoms with Gasteiger partial charge in [0, 0.05) is 26.1 Å². The zero-order valence-electron chi connectivity index (χ0n) is 15.1. The Balaban J connectivity index is 1.94. The quantitative estimate of drug-likeness (QED) is 0.823. The topological polar surface area (TPSA) is 66.8 Å². The average molecular weight is 345 g/mol. The van der Waals surface area contributed by atoms with E-state index in [4.69, 9.17) is 9.84 Å². The number of carboxylic acids is 1. The molecular formula is C20H27NO4. The van der Waals surface area contributed by atoms with Crippen LogP contribution in [-0.2, 0) is 14.3 Å². The van der Waals surface area contributed by atoms with Crippen LogP contribution in [0.2, 0.25) is 0 Å². The smallest absolute Gasteiger partial charge is 0.305 e. The zero-order valence-corrected chi connectivity index (χ0v) is 15.1. The molecule has 136 valence electrons. The SMILES string of the molecule is COC1CC(CC(=O)O)N(C(=O)C/C=C/c2ccc(C(C)C)cc2)C1. The lowest BCUT2D eigenvalue weighted by Crippen LogP contribution is -2.36. The van der Waals surface area contributed by atoms with Gasteiger partial charge in [-0.3, -0.25) is 9.59 Å². The molecule has 5 nitrogen and oxygen atoms in total. The highest BCUT2D eigenvalue weighted by Gasteiger charge is 2.35. The van der Waals surface area contributed by atoms with Gasteiger partial charge in [-0.25, -0.2) is 0 Å². The summed E-state index contributed by atoms with van der Waals surface area (Å²) in [6.45, 7) is 4.77. The molecule has 0 spiro atoms. The van der Waals surface area contributed by atoms with Crippen molar-refractivity contribution in [1.29, 1.82) is 0 Å². The van der Waals surface area contributed by atoms with E-state index in [1.807, 2.05) is 24.3 Å². The maximum Gasteiger partial charge on any atom is 0.305 e. The van der Waals surface area contributed by atoms with Crippen molar-refractivity contribution in [2.24, 2.45) is 0 Å². The molecule has 1 heterocycles. The molecule has 1 amide bonds. The van der Waals surface area contributed by atoms with Crippen molar-refractivity contribution >= 4 is 18.0 Å². The van der Waals surface area contributed by atoms with Gasteiger partial charge in [0.05, 0.1) is 12.5 Å². The van der Waals surface area contributed by atoms with Crippen LogP contribution in [0.3, 0.4) is 0 Å². The molecule has 1 fully saturated rings. The molecule has 1 saturated heterocycles. The second-order valence-corrected chi connectivity index (χ2v) is 6.82. The number of methoxy groups -OCH3 is 1. The predicted octanol–water partition coefficient (Wildman–Crippen LogP) is 3.30. The van der Waals surface area contributed by atoms with E-state index in [1.54, 1.807) is 12.0 Å². The van der Waals surface area contributed by atoms with E-state index in [-0.39, 0.29) is 30.9 Å². The molecule has 1 N–H and O–H groups in total. The van der Waals surface area contributed by atoms with Gasteiger partial charge in [0.25, 0.3) is 0 Å². The molecule has 0 radical (unpaired) electrons. The molecule has 1 aromatic carbocycles. The monoisotopic (exact) mass is 345 g/mol. The van der Waals surface area contributed by atoms with Gasteiger partial charge in [-0.2, -0.15) is 0 Å². The van der Waals surface area contributed by atoms with E-state index in [2.05, 4.69) is 26.0 Å². The van der Waals surface area contributed by atoms with Crippen LogP contribution in [-0.4, -0.2) is 47.7 Å². The molecule has 0 aliphatic carbocycles. The number of amides is 1. The number of hydrogen-bond donors (Lipinski definition) is 1. The summed E-state index contributed by atoms with van der Waals surface area (Å²) in [4.78, 5) is 25.1. The summed E-state index contributed by atoms with van der Waals surface area (Å²) in [5, 5.41) is 9.03. The van der Waals surface area contributed by atoms with Gasteiger partial charge in [-0.15, -0.1) is 0 Å². The van der Waals surface area contributed by atoms with Crippen LogP contribution in [0, 0.1) is 0 Å². The van der Waals surface area contributed by atoms with Crippen molar-refractivity contribution in [3.8, 4) is 0 Å². The highest BCUT2D eigenvalue weighted by molar-refractivity contribution is 5.80. The van der Waals surface area contributed by atoms with Crippen molar-refractivity contribution in [1.82, 2.24) is 4.90 Å². The summed E-state index contributed by atoms with van der Waals surface area (Å²) in [5.74, 6) is -0.448. The van der Waals surface area contributed by atoms with E-state index in [1.165, 1.54) is 5.56 Å². The Hall–Kier alpha value is -2.14. The molecule has 2 rings (SSSR count). The Morgan fingerprint density at radius 3 is 2.56 bits per heavy atom. The summed E-state index contributed by atoms with van der Waals surface area (Å²) in [6.07, 6.45) is 4.49. The van der Waals surface area contributed by atoms with E-state index in [0.717, 1.165) is 5.56 Å². The van der Waals surface area contributed by atoms with Gasteiger partial charge in [0.2, 0.25) is 5.91 Å². The minimum Gasteiger partial charge on any atom is -0.481 e. The van der Waals surface area contributed by atoms with Gasteiger partial charge in [0.15, 0.2) is 0 Å². The molecule has 2 unspecified atom stereocenters. The van der Waals surface area contributed by atoms with Gasteiger partial charge in [-0.1, -0.05) is 50.3 Å². The number of carbonyl (C=O) groups excluding carboxylic acids is 1. The van der Waals surface area contributed by atoms with Crippen LogP contribution < -0.4 is 0 Å². The lowest BCUT2D eigenvalue weighted by atomic mass is 10.0. The first-order chi connectivity index (χ1) is 11.9. The number of carbonyl (C=O) groups is 2. The number of nitrogens with zero attached hydrogens (tertiary/aromatic N) is 1. The number of benzene rings is 1. The third-order valence-electron chi connectivity index (χ3n) is 4.65. The average Bonchev–Trinajstić information content (AvgIpc) is 2.97. The van der Waals surface area contributed by atoms with E-state index >= 15 is 0 Å². The number of hydrogen-bond acceptors (Lipinski definition) is 3. The van der Waals surface area contributed by atoms with E-state index in [9.17, 15) is 9.59 Å². The fourth-order valence-corrected chi connectivity index (χ4v) is 3.15. The molecule has 1 aliphatic rings. The summed E-state index contributed by atoms with van der Waals surface area (Å²) in [6, 6.07) is 7.99. The van der Waals surface area contributed by atoms with Crippen molar-refractivity contribution in [2.75, 3.05) is 13.7 Å². The van der Waals surface area contributed by atoms with Crippen LogP contribution in [0.5, 0.6) is 0 Å². The largest absolute Gasteiger partial charge is 0.481 e. The minimum atomic E-state index is -0.889. The molecular weight excluding hydrogens is 318 g/mol. The lowest BCUT2D eigenvalue weighted by Gasteiger charge is -2.22. The first-order valence-corrected chi connectivity index (χ1v) is 8.71. The molecule has 1 aromatic rings. The second-order valence-electron chi connectivity index (χ2n) is 6.82. The summed E-state index contributed by atoms with van der Waals surface area (Å²) in [7, 11) is 1.59. The first-order valence-electron chi connectivity index (χ1n) is 8.71. The van der Waals surface area contributed by atoms with Gasteiger partial charge >= 0.3 is 5.97 Å². The van der Waals surface area contributed by atoms with Gasteiger partial charge in [-0.05, 0) is 23.5 Å². The number of aliphatic carboxylic acids is 1. The van der Waals surface area contributed by atoms with Crippen molar-refractivity contribution < 1.29 is 19.4 Å². The second kappa shape index (κ2) is 8.81. The van der Waals surface area contributed by atoms with Crippen molar-refractivity contribution in [2.45, 2.75) is 51.2 Å². The Morgan fingerprint density at radius 1 is 1.32 bits per heavy atom. The van der Waals surface area contributed by atoms with Crippen LogP contribution in [0.25, 0.3) is 6.08 Å². The van der Waals surface area contributed by atoms with Crippen molar-refractivity contribution in [3.05, 3.63) is 41.5 Å². The maximum absolute atomic E-state index is 12.5. The number of carboxylic acid groups (broad SMARTS) is 1. The Kier molecular flexibility index (Phi) is 6.76. The zero-order chi connectivity index (χ0) is 18.4. The predicted molar refractivity (Wildman–Crippen MR) is 97.3 cm³/mol. The lowest BCUT2D eigenvalue weighted by molar-refractivity contribution is -0.139. The van der Waals surface area contributed by atoms with Crippen LogP contribution >= 0.6 is 0 Å². The molecule has 0 bridgehead atoms. The Bertz CT molecular complexity index is 621. The molecule has 25 heavy (non-hydrogen) atoms. The fraction of sp³-hybridized carbons (Fsp3) is 0.500. The first kappa shape index (κ1) is 19.2. The van der Waals surface area contributed by atoms with Crippen molar-refractivity contribution in [3.63, 3.8) is 0 Å². The molecule has 1 aliphatic heterocycles. The molecule has 5 heteroatoms. The highest BCUT2D eigenvalue weighted by atomic mass is 16.5. The Labute approximate surface area is 149 Å². The summed E-state index contributed by atoms with van der Waals surface area (Å²) in [5.41, 5.74) is 2.34. The summed E-state index contributed by atoms with van der Waals surface area (Å²) >= 11 is 0. The molecule has 0 saturated carbocycles. The van der Waals surface area contributed by atoms with Gasteiger partial charge < -0.3 is 14.7 Å². The van der Waals surface area contributed by atoms with Gasteiger partial charge in [0.1, 0.15) is 0 Å². The van der Waals surface area contributed by atoms with E-state index < -0.39 is 5.97 Å². The minimum absolute atomic E-state index is 0.0357. The summed E-state index contributed by atoms with van der Waals surface area (Å²) < 4.78 is 5.30. The standard InChI is InChI=1S/C20H27NO4/c1-14(2)16-9-7-15(8-10-16)5-4-6-19(22)21-13-18(25-3)11-17(21)12-20(23)24/h4-5,7-10,14,17-18H,6,11-13H2,1-3H3,(H,23,24)/b5-4+. The molecule has 0 aromatic heterocycles. The normalized spacial score (nSPS) is 20.6. The fourth-order valence-electron chi connectivity index (χ4n) is 3.15. The maximum atomic E-state index is 12.5. The van der Waals surface area contributed by atoms with Crippen LogP contribution in [0.4, 0.5) is 0 Å². The van der Waals surface area contributed by atoms with E-state index in [0.29, 0.717) is 18.9 Å². The van der Waals surface area contributed by atoms with Crippen LogP contribution in [0.1, 0.15) is 50.2 Å². The number of likely N-dealkylation sites (tertiary alicyclic amines) is 1. The Morgan fingerprint density at radius 2 is 2.00 bits per heavy atom. The molecule has 2 atom stereocenters. The third kappa shape index (κ3) is 5.43. The number of rotatable bonds is 7.